The fraction of sp³-hybridized carbons (Fsp3) is 0.0667. The zero-order valence-corrected chi connectivity index (χ0v) is 12.2. The second-order valence-corrected chi connectivity index (χ2v) is 5.35. The molecule has 0 aliphatic carbocycles. The van der Waals surface area contributed by atoms with Crippen molar-refractivity contribution in [3.8, 4) is 11.1 Å². The molecule has 0 atom stereocenters. The van der Waals surface area contributed by atoms with Crippen molar-refractivity contribution >= 4 is 39.9 Å². The molecule has 1 heterocycles. The highest BCUT2D eigenvalue weighted by Gasteiger charge is 2.12. The van der Waals surface area contributed by atoms with E-state index in [1.54, 1.807) is 6.07 Å². The van der Waals surface area contributed by atoms with Crippen LogP contribution in [0, 0.1) is 6.92 Å². The van der Waals surface area contributed by atoms with Gasteiger partial charge in [-0.05, 0) is 41.8 Å². The number of aromatic nitrogens is 2. The van der Waals surface area contributed by atoms with Gasteiger partial charge in [0.2, 0.25) is 0 Å². The standard InChI is InChI=1S/C15H11Cl2N3/c1-8-2-5-12-14(15(18)20-7-19-12)13(8)9-3-4-10(16)11(17)6-9/h2-7H,1H3,(H2,18,19,20). The van der Waals surface area contributed by atoms with Crippen LogP contribution in [0.1, 0.15) is 5.56 Å². The summed E-state index contributed by atoms with van der Waals surface area (Å²) in [6.07, 6.45) is 1.46. The zero-order chi connectivity index (χ0) is 14.3. The Morgan fingerprint density at radius 1 is 1.00 bits per heavy atom. The van der Waals surface area contributed by atoms with Gasteiger partial charge in [0.1, 0.15) is 12.1 Å². The van der Waals surface area contributed by atoms with Gasteiger partial charge in [0.15, 0.2) is 0 Å². The van der Waals surface area contributed by atoms with Crippen LogP contribution >= 0.6 is 23.2 Å². The van der Waals surface area contributed by atoms with Gasteiger partial charge in [0, 0.05) is 0 Å². The number of aryl methyl sites for hydroxylation is 1. The summed E-state index contributed by atoms with van der Waals surface area (Å²) >= 11 is 12.1. The zero-order valence-electron chi connectivity index (χ0n) is 10.7. The normalized spacial score (nSPS) is 10.9. The molecule has 2 N–H and O–H groups in total. The van der Waals surface area contributed by atoms with Crippen LogP contribution in [-0.2, 0) is 0 Å². The van der Waals surface area contributed by atoms with Gasteiger partial charge in [-0.2, -0.15) is 0 Å². The lowest BCUT2D eigenvalue weighted by Gasteiger charge is -2.12. The smallest absolute Gasteiger partial charge is 0.135 e. The van der Waals surface area contributed by atoms with Crippen LogP contribution in [0.2, 0.25) is 10.0 Å². The van der Waals surface area contributed by atoms with Crippen molar-refractivity contribution in [2.45, 2.75) is 6.92 Å². The summed E-state index contributed by atoms with van der Waals surface area (Å²) < 4.78 is 0. The Kier molecular flexibility index (Phi) is 3.24. The molecule has 100 valence electrons. The van der Waals surface area contributed by atoms with E-state index in [1.165, 1.54) is 6.33 Å². The Morgan fingerprint density at radius 3 is 2.55 bits per heavy atom. The van der Waals surface area contributed by atoms with Crippen molar-refractivity contribution in [1.82, 2.24) is 9.97 Å². The lowest BCUT2D eigenvalue weighted by molar-refractivity contribution is 1.23. The Bertz CT molecular complexity index is 816. The van der Waals surface area contributed by atoms with Crippen molar-refractivity contribution in [2.24, 2.45) is 0 Å². The van der Waals surface area contributed by atoms with E-state index in [4.69, 9.17) is 28.9 Å². The molecule has 0 bridgehead atoms. The van der Waals surface area contributed by atoms with Crippen LogP contribution in [0.15, 0.2) is 36.7 Å². The first-order valence-corrected chi connectivity index (χ1v) is 6.78. The highest BCUT2D eigenvalue weighted by atomic mass is 35.5. The number of halogens is 2. The molecule has 0 aliphatic rings. The maximum Gasteiger partial charge on any atom is 0.135 e. The SMILES string of the molecule is Cc1ccc2ncnc(N)c2c1-c1ccc(Cl)c(Cl)c1. The molecular formula is C15H11Cl2N3. The van der Waals surface area contributed by atoms with Crippen molar-refractivity contribution in [1.29, 1.82) is 0 Å². The molecule has 3 nitrogen and oxygen atoms in total. The second-order valence-electron chi connectivity index (χ2n) is 4.54. The van der Waals surface area contributed by atoms with Gasteiger partial charge in [-0.1, -0.05) is 35.3 Å². The summed E-state index contributed by atoms with van der Waals surface area (Å²) in [5.41, 5.74) is 9.84. The number of nitrogen functional groups attached to an aromatic ring is 1. The van der Waals surface area contributed by atoms with E-state index in [-0.39, 0.29) is 0 Å². The third-order valence-electron chi connectivity index (χ3n) is 3.25. The highest BCUT2D eigenvalue weighted by Crippen LogP contribution is 2.36. The van der Waals surface area contributed by atoms with Crippen molar-refractivity contribution < 1.29 is 0 Å². The highest BCUT2D eigenvalue weighted by molar-refractivity contribution is 6.42. The minimum absolute atomic E-state index is 0.458. The Balaban J connectivity index is 2.40. The average Bonchev–Trinajstić information content (AvgIpc) is 2.43. The van der Waals surface area contributed by atoms with Crippen LogP contribution in [-0.4, -0.2) is 9.97 Å². The minimum Gasteiger partial charge on any atom is -0.383 e. The number of rotatable bonds is 1. The summed E-state index contributed by atoms with van der Waals surface area (Å²) in [6.45, 7) is 2.02. The van der Waals surface area contributed by atoms with E-state index in [1.807, 2.05) is 31.2 Å². The van der Waals surface area contributed by atoms with Crippen molar-refractivity contribution in [3.63, 3.8) is 0 Å². The largest absolute Gasteiger partial charge is 0.383 e. The van der Waals surface area contributed by atoms with Gasteiger partial charge in [-0.15, -0.1) is 0 Å². The van der Waals surface area contributed by atoms with Crippen molar-refractivity contribution in [2.75, 3.05) is 5.73 Å². The van der Waals surface area contributed by atoms with Gasteiger partial charge in [-0.25, -0.2) is 9.97 Å². The van der Waals surface area contributed by atoms with Gasteiger partial charge < -0.3 is 5.73 Å². The molecule has 20 heavy (non-hydrogen) atoms. The third kappa shape index (κ3) is 2.09. The molecule has 0 saturated heterocycles. The fourth-order valence-corrected chi connectivity index (χ4v) is 2.60. The lowest BCUT2D eigenvalue weighted by Crippen LogP contribution is -1.96. The first-order chi connectivity index (χ1) is 9.58. The summed E-state index contributed by atoms with van der Waals surface area (Å²) in [7, 11) is 0. The number of fused-ring (bicyclic) bond motifs is 1. The summed E-state index contributed by atoms with van der Waals surface area (Å²) in [6, 6.07) is 9.47. The predicted molar refractivity (Wildman–Crippen MR) is 84.1 cm³/mol. The topological polar surface area (TPSA) is 51.8 Å². The first kappa shape index (κ1) is 13.2. The molecule has 1 aromatic heterocycles. The molecule has 0 unspecified atom stereocenters. The van der Waals surface area contributed by atoms with Crippen molar-refractivity contribution in [3.05, 3.63) is 52.3 Å². The fourth-order valence-electron chi connectivity index (χ4n) is 2.30. The maximum absolute atomic E-state index is 6.11. The predicted octanol–water partition coefficient (Wildman–Crippen LogP) is 4.49. The van der Waals surface area contributed by atoms with E-state index in [9.17, 15) is 0 Å². The van der Waals surface area contributed by atoms with Crippen LogP contribution in [0.4, 0.5) is 5.82 Å². The molecule has 0 aliphatic heterocycles. The third-order valence-corrected chi connectivity index (χ3v) is 3.99. The molecule has 0 spiro atoms. The Hall–Kier alpha value is -1.84. The number of nitrogens with zero attached hydrogens (tertiary/aromatic N) is 2. The number of nitrogens with two attached hydrogens (primary N) is 1. The van der Waals surface area contributed by atoms with Gasteiger partial charge >= 0.3 is 0 Å². The molecule has 0 amide bonds. The molecular weight excluding hydrogens is 293 g/mol. The van der Waals surface area contributed by atoms with Crippen LogP contribution in [0.3, 0.4) is 0 Å². The molecule has 3 aromatic rings. The molecule has 0 radical (unpaired) electrons. The number of anilines is 1. The number of hydrogen-bond acceptors (Lipinski definition) is 3. The quantitative estimate of drug-likeness (QED) is 0.720. The maximum atomic E-state index is 6.11. The van der Waals surface area contributed by atoms with Crippen LogP contribution in [0.25, 0.3) is 22.0 Å². The Morgan fingerprint density at radius 2 is 1.80 bits per heavy atom. The van der Waals surface area contributed by atoms with Gasteiger partial charge in [0.25, 0.3) is 0 Å². The number of hydrogen-bond donors (Lipinski definition) is 1. The summed E-state index contributed by atoms with van der Waals surface area (Å²) in [4.78, 5) is 8.34. The molecule has 0 saturated carbocycles. The number of benzene rings is 2. The Labute approximate surface area is 126 Å². The van der Waals surface area contributed by atoms with Crippen LogP contribution < -0.4 is 5.73 Å². The van der Waals surface area contributed by atoms with E-state index in [0.29, 0.717) is 15.9 Å². The summed E-state index contributed by atoms with van der Waals surface area (Å²) in [5, 5.41) is 1.87. The van der Waals surface area contributed by atoms with E-state index >= 15 is 0 Å². The van der Waals surface area contributed by atoms with Crippen LogP contribution in [0.5, 0.6) is 0 Å². The van der Waals surface area contributed by atoms with Gasteiger partial charge in [-0.3, -0.25) is 0 Å². The molecule has 3 rings (SSSR count). The molecule has 2 aromatic carbocycles. The van der Waals surface area contributed by atoms with E-state index < -0.39 is 0 Å². The first-order valence-electron chi connectivity index (χ1n) is 6.03. The molecule has 0 fully saturated rings. The monoisotopic (exact) mass is 303 g/mol. The minimum atomic E-state index is 0.458. The average molecular weight is 304 g/mol. The van der Waals surface area contributed by atoms with E-state index in [0.717, 1.165) is 27.6 Å². The summed E-state index contributed by atoms with van der Waals surface area (Å²) in [5.74, 6) is 0.458. The second kappa shape index (κ2) is 4.93. The molecule has 5 heteroatoms. The van der Waals surface area contributed by atoms with Gasteiger partial charge in [0.05, 0.1) is 20.9 Å². The van der Waals surface area contributed by atoms with E-state index in [2.05, 4.69) is 9.97 Å². The lowest BCUT2D eigenvalue weighted by atomic mass is 9.96.